The van der Waals surface area contributed by atoms with Crippen LogP contribution in [-0.4, -0.2) is 42.4 Å². The third-order valence-electron chi connectivity index (χ3n) is 4.59. The number of esters is 1. The van der Waals surface area contributed by atoms with Gasteiger partial charge < -0.3 is 14.9 Å². The number of carbonyl (C=O) groups excluding carboxylic acids is 1. The number of carbonyl (C=O) groups is 2. The van der Waals surface area contributed by atoms with Crippen LogP contribution in [0.4, 0.5) is 0 Å². The second kappa shape index (κ2) is 8.00. The highest BCUT2D eigenvalue weighted by atomic mass is 16.5. The number of aromatic nitrogens is 4. The summed E-state index contributed by atoms with van der Waals surface area (Å²) in [6.45, 7) is -0.100. The Hall–Kier alpha value is -4.27. The number of tetrazole rings is 1. The molecular formula is C21H16N4O5. The molecule has 150 valence electrons. The van der Waals surface area contributed by atoms with Crippen LogP contribution in [0.1, 0.15) is 31.8 Å². The molecule has 9 nitrogen and oxygen atoms in total. The Labute approximate surface area is 170 Å². The van der Waals surface area contributed by atoms with Gasteiger partial charge in [-0.05, 0) is 68.7 Å². The van der Waals surface area contributed by atoms with E-state index in [-0.39, 0.29) is 18.0 Å². The zero-order valence-electron chi connectivity index (χ0n) is 15.6. The SMILES string of the molecule is O=C(O)c1ccc(Cc2cc3cc(C(=O)OCn4cnnn4)ccc3cc2O)cc1. The standard InChI is InChI=1S/C21H16N4O5/c26-19-10-15-5-6-16(21(29)30-12-25-11-22-23-24-25)8-17(15)9-18(19)7-13-1-3-14(4-2-13)20(27)28/h1-6,8-11,26H,7,12H2,(H,27,28). The number of phenols is 1. The Morgan fingerprint density at radius 1 is 0.967 bits per heavy atom. The summed E-state index contributed by atoms with van der Waals surface area (Å²) in [5.41, 5.74) is 2.07. The number of carboxylic acid groups (broad SMARTS) is 1. The molecule has 0 spiro atoms. The first-order chi connectivity index (χ1) is 14.5. The first kappa shape index (κ1) is 19.1. The highest BCUT2D eigenvalue weighted by Gasteiger charge is 2.11. The maximum Gasteiger partial charge on any atom is 0.339 e. The van der Waals surface area contributed by atoms with Gasteiger partial charge in [-0.25, -0.2) is 9.59 Å². The molecule has 0 amide bonds. The summed E-state index contributed by atoms with van der Waals surface area (Å²) in [6.07, 6.45) is 1.75. The summed E-state index contributed by atoms with van der Waals surface area (Å²) in [6, 6.07) is 14.9. The van der Waals surface area contributed by atoms with E-state index in [1.807, 2.05) is 0 Å². The van der Waals surface area contributed by atoms with Crippen LogP contribution in [-0.2, 0) is 17.9 Å². The topological polar surface area (TPSA) is 127 Å². The minimum Gasteiger partial charge on any atom is -0.508 e. The lowest BCUT2D eigenvalue weighted by Gasteiger charge is -2.09. The predicted octanol–water partition coefficient (Wildman–Crippen LogP) is 2.64. The van der Waals surface area contributed by atoms with Gasteiger partial charge in [-0.1, -0.05) is 18.2 Å². The van der Waals surface area contributed by atoms with Crippen LogP contribution in [0.15, 0.2) is 60.9 Å². The first-order valence-corrected chi connectivity index (χ1v) is 8.95. The summed E-state index contributed by atoms with van der Waals surface area (Å²) < 4.78 is 6.47. The lowest BCUT2D eigenvalue weighted by Crippen LogP contribution is -2.10. The van der Waals surface area contributed by atoms with Gasteiger partial charge in [-0.2, -0.15) is 4.68 Å². The molecule has 0 aliphatic heterocycles. The van der Waals surface area contributed by atoms with Crippen molar-refractivity contribution in [1.29, 1.82) is 0 Å². The number of carboxylic acids is 1. The molecule has 3 aromatic carbocycles. The number of rotatable bonds is 6. The zero-order chi connectivity index (χ0) is 21.1. The van der Waals surface area contributed by atoms with E-state index in [1.165, 1.54) is 23.1 Å². The van der Waals surface area contributed by atoms with Crippen molar-refractivity contribution >= 4 is 22.7 Å². The molecule has 0 saturated heterocycles. The molecule has 4 rings (SSSR count). The second-order valence-electron chi connectivity index (χ2n) is 6.63. The molecule has 0 fully saturated rings. The van der Waals surface area contributed by atoms with Crippen molar-refractivity contribution in [2.45, 2.75) is 13.2 Å². The van der Waals surface area contributed by atoms with Crippen molar-refractivity contribution in [3.05, 3.63) is 83.2 Å². The van der Waals surface area contributed by atoms with E-state index < -0.39 is 11.9 Å². The summed E-state index contributed by atoms with van der Waals surface area (Å²) in [5.74, 6) is -1.39. The van der Waals surface area contributed by atoms with Crippen molar-refractivity contribution in [3.8, 4) is 5.75 Å². The Balaban J connectivity index is 1.56. The number of fused-ring (bicyclic) bond motifs is 1. The average molecular weight is 404 g/mol. The van der Waals surface area contributed by atoms with Gasteiger partial charge in [0.05, 0.1) is 11.1 Å². The van der Waals surface area contributed by atoms with Gasteiger partial charge in [0, 0.05) is 6.42 Å². The molecule has 2 N–H and O–H groups in total. The second-order valence-corrected chi connectivity index (χ2v) is 6.63. The summed E-state index contributed by atoms with van der Waals surface area (Å²) >= 11 is 0. The van der Waals surface area contributed by atoms with E-state index >= 15 is 0 Å². The molecule has 4 aromatic rings. The van der Waals surface area contributed by atoms with Crippen LogP contribution >= 0.6 is 0 Å². The number of benzene rings is 3. The van der Waals surface area contributed by atoms with Crippen LogP contribution in [0.3, 0.4) is 0 Å². The number of nitrogens with zero attached hydrogens (tertiary/aromatic N) is 4. The highest BCUT2D eigenvalue weighted by Crippen LogP contribution is 2.28. The van der Waals surface area contributed by atoms with Gasteiger partial charge in [-0.3, -0.25) is 0 Å². The molecule has 1 aromatic heterocycles. The lowest BCUT2D eigenvalue weighted by atomic mass is 9.98. The molecular weight excluding hydrogens is 388 g/mol. The maximum absolute atomic E-state index is 12.3. The number of hydrogen-bond acceptors (Lipinski definition) is 7. The quantitative estimate of drug-likeness (QED) is 0.470. The van der Waals surface area contributed by atoms with Crippen LogP contribution in [0.25, 0.3) is 10.8 Å². The molecule has 0 bridgehead atoms. The normalized spacial score (nSPS) is 10.8. The van der Waals surface area contributed by atoms with Crippen molar-refractivity contribution in [2.75, 3.05) is 0 Å². The van der Waals surface area contributed by atoms with Crippen LogP contribution < -0.4 is 0 Å². The Morgan fingerprint density at radius 3 is 2.43 bits per heavy atom. The third-order valence-corrected chi connectivity index (χ3v) is 4.59. The molecule has 0 aliphatic carbocycles. The van der Waals surface area contributed by atoms with E-state index in [0.29, 0.717) is 17.5 Å². The summed E-state index contributed by atoms with van der Waals surface area (Å²) in [5, 5.41) is 31.5. The highest BCUT2D eigenvalue weighted by molar-refractivity contribution is 5.96. The van der Waals surface area contributed by atoms with Crippen LogP contribution in [0.5, 0.6) is 5.75 Å². The Bertz CT molecular complexity index is 1220. The van der Waals surface area contributed by atoms with Crippen LogP contribution in [0.2, 0.25) is 0 Å². The van der Waals surface area contributed by atoms with E-state index in [4.69, 9.17) is 9.84 Å². The molecule has 0 saturated carbocycles. The van der Waals surface area contributed by atoms with Crippen molar-refractivity contribution in [2.24, 2.45) is 0 Å². The molecule has 0 unspecified atom stereocenters. The first-order valence-electron chi connectivity index (χ1n) is 8.95. The molecule has 9 heteroatoms. The van der Waals surface area contributed by atoms with E-state index in [2.05, 4.69) is 15.5 Å². The number of aromatic carboxylic acids is 1. The molecule has 0 atom stereocenters. The van der Waals surface area contributed by atoms with Gasteiger partial charge in [0.2, 0.25) is 0 Å². The summed E-state index contributed by atoms with van der Waals surface area (Å²) in [4.78, 5) is 23.3. The fourth-order valence-corrected chi connectivity index (χ4v) is 3.03. The van der Waals surface area contributed by atoms with E-state index in [9.17, 15) is 14.7 Å². The number of hydrogen-bond donors (Lipinski definition) is 2. The van der Waals surface area contributed by atoms with Gasteiger partial charge in [0.25, 0.3) is 0 Å². The lowest BCUT2D eigenvalue weighted by molar-refractivity contribution is 0.0346. The largest absolute Gasteiger partial charge is 0.508 e. The zero-order valence-corrected chi connectivity index (χ0v) is 15.6. The van der Waals surface area contributed by atoms with Crippen molar-refractivity contribution in [1.82, 2.24) is 20.2 Å². The van der Waals surface area contributed by atoms with E-state index in [1.54, 1.807) is 42.5 Å². The average Bonchev–Trinajstić information content (AvgIpc) is 3.26. The monoisotopic (exact) mass is 404 g/mol. The number of aromatic hydroxyl groups is 1. The minimum absolute atomic E-state index is 0.100. The predicted molar refractivity (Wildman–Crippen MR) is 105 cm³/mol. The summed E-state index contributed by atoms with van der Waals surface area (Å²) in [7, 11) is 0. The van der Waals surface area contributed by atoms with E-state index in [0.717, 1.165) is 16.3 Å². The Kier molecular flexibility index (Phi) is 5.08. The molecule has 1 heterocycles. The van der Waals surface area contributed by atoms with Crippen molar-refractivity contribution < 1.29 is 24.5 Å². The smallest absolute Gasteiger partial charge is 0.339 e. The van der Waals surface area contributed by atoms with Gasteiger partial charge in [0.15, 0.2) is 6.73 Å². The van der Waals surface area contributed by atoms with Gasteiger partial charge in [0.1, 0.15) is 12.1 Å². The third kappa shape index (κ3) is 4.09. The molecule has 30 heavy (non-hydrogen) atoms. The molecule has 0 radical (unpaired) electrons. The van der Waals surface area contributed by atoms with Gasteiger partial charge >= 0.3 is 11.9 Å². The van der Waals surface area contributed by atoms with Crippen molar-refractivity contribution in [3.63, 3.8) is 0 Å². The fourth-order valence-electron chi connectivity index (χ4n) is 3.03. The van der Waals surface area contributed by atoms with Crippen LogP contribution in [0, 0.1) is 0 Å². The van der Waals surface area contributed by atoms with Gasteiger partial charge in [-0.15, -0.1) is 5.10 Å². The fraction of sp³-hybridized carbons (Fsp3) is 0.0952. The molecule has 0 aliphatic rings. The Morgan fingerprint density at radius 2 is 1.73 bits per heavy atom. The maximum atomic E-state index is 12.3. The number of phenolic OH excluding ortho intramolecular Hbond substituents is 1. The number of ether oxygens (including phenoxy) is 1. The minimum atomic E-state index is -0.991.